The van der Waals surface area contributed by atoms with Crippen LogP contribution in [0.2, 0.25) is 0 Å². The summed E-state index contributed by atoms with van der Waals surface area (Å²) in [6.45, 7) is 0. The predicted octanol–water partition coefficient (Wildman–Crippen LogP) is 12.6. The van der Waals surface area contributed by atoms with E-state index in [0.29, 0.717) is 5.69 Å². The van der Waals surface area contributed by atoms with Crippen molar-refractivity contribution in [3.63, 3.8) is 0 Å². The normalized spacial score (nSPS) is 16.0. The molecule has 0 aliphatic carbocycles. The zero-order valence-electron chi connectivity index (χ0n) is 41.6. The third kappa shape index (κ3) is 4.12. The zero-order valence-corrected chi connectivity index (χ0v) is 26.6. The maximum Gasteiger partial charge on any atom is 0.0652 e. The van der Waals surface area contributed by atoms with Gasteiger partial charge in [0.2, 0.25) is 0 Å². The predicted molar refractivity (Wildman–Crippen MR) is 215 cm³/mol. The number of rotatable bonds is 4. The monoisotopic (exact) mass is 664 g/mol. The molecule has 8 aromatic carbocycles. The van der Waals surface area contributed by atoms with Crippen molar-refractivity contribution >= 4 is 65.4 Å². The molecule has 3 heteroatoms. The fourth-order valence-electron chi connectivity index (χ4n) is 7.35. The first-order chi connectivity index (χ1) is 31.6. The first kappa shape index (κ1) is 17.2. The van der Waals surface area contributed by atoms with E-state index < -0.39 is 96.3 Å². The lowest BCUT2D eigenvalue weighted by atomic mass is 10.1. The highest BCUT2D eigenvalue weighted by molar-refractivity contribution is 6.14. The Kier molecular flexibility index (Phi) is 3.65. The zero-order chi connectivity index (χ0) is 46.5. The summed E-state index contributed by atoms with van der Waals surface area (Å²) in [4.78, 5) is 0. The van der Waals surface area contributed by atoms with Crippen molar-refractivity contribution in [1.29, 1.82) is 0 Å². The average Bonchev–Trinajstić information content (AvgIpc) is 3.99. The van der Waals surface area contributed by atoms with Gasteiger partial charge in [-0.15, -0.1) is 0 Å². The molecule has 11 rings (SSSR count). The summed E-state index contributed by atoms with van der Waals surface area (Å²) in [5.74, 6) is 0. The Morgan fingerprint density at radius 2 is 0.863 bits per heavy atom. The van der Waals surface area contributed by atoms with Gasteiger partial charge in [-0.1, -0.05) is 115 Å². The Bertz CT molecular complexity index is 3920. The van der Waals surface area contributed by atoms with Crippen LogP contribution >= 0.6 is 0 Å². The average molecular weight is 665 g/mol. The van der Waals surface area contributed by atoms with Crippen LogP contribution in [0.5, 0.6) is 0 Å². The molecule has 0 radical (unpaired) electrons. The molecule has 3 heterocycles. The van der Waals surface area contributed by atoms with Crippen LogP contribution in [-0.2, 0) is 0 Å². The molecule has 0 saturated carbocycles. The lowest BCUT2D eigenvalue weighted by Crippen LogP contribution is -1.97. The van der Waals surface area contributed by atoms with Gasteiger partial charge in [0, 0.05) is 49.4 Å². The van der Waals surface area contributed by atoms with Crippen LogP contribution in [0.15, 0.2) is 188 Å². The van der Waals surface area contributed by atoms with Gasteiger partial charge in [-0.05, 0) is 83.8 Å². The summed E-state index contributed by atoms with van der Waals surface area (Å²) in [5, 5.41) is 0.732. The molecule has 238 valence electrons. The van der Waals surface area contributed by atoms with E-state index in [4.69, 9.17) is 13.7 Å². The van der Waals surface area contributed by atoms with Crippen LogP contribution in [0.25, 0.3) is 93.6 Å². The van der Waals surface area contributed by atoms with E-state index in [2.05, 4.69) is 10.6 Å². The van der Waals surface area contributed by atoms with Crippen LogP contribution in [0.4, 0.5) is 0 Å². The minimum Gasteiger partial charge on any atom is -0.309 e. The van der Waals surface area contributed by atoms with Crippen LogP contribution in [-0.4, -0.2) is 13.7 Å². The summed E-state index contributed by atoms with van der Waals surface area (Å²) in [5.41, 5.74) is 3.60. The number of nitrogens with zero attached hydrogens (tertiary/aromatic N) is 3. The molecule has 3 nitrogen and oxygen atoms in total. The third-order valence-corrected chi connectivity index (χ3v) is 9.53. The van der Waals surface area contributed by atoms with E-state index in [-0.39, 0.29) is 43.6 Å². The molecule has 11 aromatic rings. The highest BCUT2D eigenvalue weighted by Crippen LogP contribution is 2.39. The van der Waals surface area contributed by atoms with Gasteiger partial charge in [0.15, 0.2) is 0 Å². The van der Waals surface area contributed by atoms with Crippen molar-refractivity contribution in [2.45, 2.75) is 0 Å². The highest BCUT2D eigenvalue weighted by Gasteiger charge is 2.18. The fraction of sp³-hybridized carbons (Fsp3) is 0. The SMILES string of the molecule is [2H]c1c([2H])c([2H])c2c(c1[2H])c1c([2H])c(-n3c4c([2H])c([2H])c([2H])c([2H])c4c4c([2H])c([2H])c([2H])c([2H])c43)c([2H])c([2H])c1n2-c1ccc2c(c1)c1ccccc1n2-c1cccc(-c2ccccc2)c1. The molecule has 0 amide bonds. The largest absolute Gasteiger partial charge is 0.309 e. The molecule has 0 fully saturated rings. The lowest BCUT2D eigenvalue weighted by Gasteiger charge is -2.12. The maximum atomic E-state index is 9.93. The minimum atomic E-state index is -0.705. The summed E-state index contributed by atoms with van der Waals surface area (Å²) in [7, 11) is 0. The first-order valence-electron chi connectivity index (χ1n) is 23.8. The van der Waals surface area contributed by atoms with Crippen molar-refractivity contribution in [2.75, 3.05) is 0 Å². The van der Waals surface area contributed by atoms with Crippen molar-refractivity contribution < 1.29 is 20.6 Å². The van der Waals surface area contributed by atoms with Gasteiger partial charge in [-0.25, -0.2) is 0 Å². The Labute approximate surface area is 315 Å². The molecule has 0 spiro atoms. The molecule has 3 aromatic heterocycles. The molecule has 0 bridgehead atoms. The highest BCUT2D eigenvalue weighted by atomic mass is 15.0. The smallest absolute Gasteiger partial charge is 0.0652 e. The standard InChI is InChI=1S/C48H31N3/c1-2-13-32(14-3-1)33-15-12-16-34(29-33)49-45-23-10-6-19-39(45)41-31-36(26-27-47(41)49)51-46-24-11-7-20-40(46)42-30-35(25-28-48(42)51)50-43-21-8-4-17-37(43)38-18-5-9-22-44(38)50/h1-31H/i4D,5D,7D,8D,9D,11D,17D,18D,20D,21D,22D,24D,25D,28D,30D. The molecule has 0 atom stereocenters. The van der Waals surface area contributed by atoms with E-state index in [9.17, 15) is 6.85 Å². The molecular formula is C48H31N3. The van der Waals surface area contributed by atoms with E-state index in [1.165, 1.54) is 4.57 Å². The van der Waals surface area contributed by atoms with Crippen molar-refractivity contribution in [3.05, 3.63) is 188 Å². The molecule has 0 saturated heterocycles. The van der Waals surface area contributed by atoms with E-state index in [1.54, 1.807) is 6.07 Å². The number of para-hydroxylation sites is 4. The van der Waals surface area contributed by atoms with Gasteiger partial charge in [-0.2, -0.15) is 0 Å². The van der Waals surface area contributed by atoms with Crippen LogP contribution < -0.4 is 0 Å². The van der Waals surface area contributed by atoms with Crippen LogP contribution in [0.1, 0.15) is 20.6 Å². The Balaban J connectivity index is 1.27. The minimum absolute atomic E-state index is 0.0840. The second-order valence-corrected chi connectivity index (χ2v) is 12.3. The Morgan fingerprint density at radius 1 is 0.314 bits per heavy atom. The third-order valence-electron chi connectivity index (χ3n) is 9.53. The molecule has 51 heavy (non-hydrogen) atoms. The summed E-state index contributed by atoms with van der Waals surface area (Å²) in [6, 6.07) is 22.1. The maximum absolute atomic E-state index is 9.93. The van der Waals surface area contributed by atoms with Gasteiger partial charge in [0.05, 0.1) is 53.7 Å². The van der Waals surface area contributed by atoms with Crippen molar-refractivity contribution in [3.8, 4) is 28.2 Å². The Morgan fingerprint density at radius 3 is 1.61 bits per heavy atom. The number of benzene rings is 8. The number of fused-ring (bicyclic) bond motifs is 9. The van der Waals surface area contributed by atoms with E-state index in [0.717, 1.165) is 43.2 Å². The van der Waals surface area contributed by atoms with Crippen LogP contribution in [0, 0.1) is 0 Å². The fourth-order valence-corrected chi connectivity index (χ4v) is 7.35. The number of aromatic nitrogens is 3. The van der Waals surface area contributed by atoms with Gasteiger partial charge < -0.3 is 13.7 Å². The van der Waals surface area contributed by atoms with Gasteiger partial charge in [-0.3, -0.25) is 0 Å². The first-order valence-corrected chi connectivity index (χ1v) is 16.3. The van der Waals surface area contributed by atoms with Gasteiger partial charge in [0.1, 0.15) is 0 Å². The second-order valence-electron chi connectivity index (χ2n) is 12.3. The number of hydrogen-bond acceptors (Lipinski definition) is 0. The van der Waals surface area contributed by atoms with Gasteiger partial charge in [0.25, 0.3) is 0 Å². The lowest BCUT2D eigenvalue weighted by molar-refractivity contribution is 1.16. The molecule has 0 aliphatic heterocycles. The van der Waals surface area contributed by atoms with Crippen LogP contribution in [0.3, 0.4) is 0 Å². The Hall–Kier alpha value is -6.84. The second kappa shape index (κ2) is 10.8. The summed E-state index contributed by atoms with van der Waals surface area (Å²) < 4.78 is 140. The topological polar surface area (TPSA) is 14.8 Å². The van der Waals surface area contributed by atoms with Crippen molar-refractivity contribution in [1.82, 2.24) is 13.7 Å². The van der Waals surface area contributed by atoms with E-state index >= 15 is 0 Å². The molecule has 0 unspecified atom stereocenters. The molecular weight excluding hydrogens is 619 g/mol. The summed E-state index contributed by atoms with van der Waals surface area (Å²) in [6.07, 6.45) is 0. The van der Waals surface area contributed by atoms with E-state index in [1.807, 2.05) is 84.9 Å². The quantitative estimate of drug-likeness (QED) is 0.178. The molecule has 0 N–H and O–H groups in total. The molecule has 0 aliphatic rings. The van der Waals surface area contributed by atoms with Crippen molar-refractivity contribution in [2.24, 2.45) is 0 Å². The van der Waals surface area contributed by atoms with Gasteiger partial charge >= 0.3 is 0 Å². The number of hydrogen-bond donors (Lipinski definition) is 0. The summed E-state index contributed by atoms with van der Waals surface area (Å²) >= 11 is 0.